The second-order valence-corrected chi connectivity index (χ2v) is 6.86. The van der Waals surface area contributed by atoms with Gasteiger partial charge in [-0.2, -0.15) is 0 Å². The highest BCUT2D eigenvalue weighted by Gasteiger charge is 2.17. The smallest absolute Gasteiger partial charge is 0.234 e. The van der Waals surface area contributed by atoms with E-state index in [0.717, 1.165) is 11.3 Å². The maximum absolute atomic E-state index is 11.7. The number of anilines is 1. The second kappa shape index (κ2) is 7.96. The van der Waals surface area contributed by atoms with E-state index >= 15 is 0 Å². The molecule has 0 bridgehead atoms. The summed E-state index contributed by atoms with van der Waals surface area (Å²) < 4.78 is 0. The van der Waals surface area contributed by atoms with Crippen LogP contribution in [0.2, 0.25) is 0 Å². The van der Waals surface area contributed by atoms with Gasteiger partial charge in [0.2, 0.25) is 5.91 Å². The lowest BCUT2D eigenvalue weighted by Crippen LogP contribution is -2.24. The molecule has 0 aliphatic carbocycles. The van der Waals surface area contributed by atoms with Crippen LogP contribution >= 0.6 is 11.8 Å². The summed E-state index contributed by atoms with van der Waals surface area (Å²) in [5, 5.41) is 21.7. The second-order valence-electron chi connectivity index (χ2n) is 5.29. The molecule has 1 atom stereocenters. The summed E-state index contributed by atoms with van der Waals surface area (Å²) in [5.41, 5.74) is 0.325. The topological polar surface area (TPSA) is 69.6 Å². The van der Waals surface area contributed by atoms with Crippen LogP contribution in [0.3, 0.4) is 0 Å². The van der Waals surface area contributed by atoms with Gasteiger partial charge in [0, 0.05) is 12.1 Å². The number of thioether (sulfide) groups is 1. The summed E-state index contributed by atoms with van der Waals surface area (Å²) in [6.07, 6.45) is 2.03. The van der Waals surface area contributed by atoms with Crippen LogP contribution in [-0.2, 0) is 11.2 Å². The summed E-state index contributed by atoms with van der Waals surface area (Å²) >= 11 is 1.59. The highest BCUT2D eigenvalue weighted by molar-refractivity contribution is 8.00. The molecule has 3 N–H and O–H groups in total. The van der Waals surface area contributed by atoms with Crippen molar-refractivity contribution in [3.05, 3.63) is 29.8 Å². The predicted molar refractivity (Wildman–Crippen MR) is 86.7 cm³/mol. The number of aliphatic hydroxyl groups excluding tert-OH is 1. The first-order chi connectivity index (χ1) is 9.82. The number of carbonyl (C=O) groups excluding carboxylic acids is 1. The van der Waals surface area contributed by atoms with E-state index < -0.39 is 5.60 Å². The molecular weight excluding hydrogens is 286 g/mol. The quantitative estimate of drug-likeness (QED) is 0.706. The van der Waals surface area contributed by atoms with Crippen molar-refractivity contribution >= 4 is 23.4 Å². The van der Waals surface area contributed by atoms with Gasteiger partial charge in [0.25, 0.3) is 0 Å². The molecule has 1 aromatic carbocycles. The van der Waals surface area contributed by atoms with Crippen LogP contribution in [-0.4, -0.2) is 32.7 Å². The molecule has 0 aliphatic heterocycles. The molecule has 1 rings (SSSR count). The van der Waals surface area contributed by atoms with Gasteiger partial charge < -0.3 is 15.5 Å². The molecule has 0 spiro atoms. The van der Waals surface area contributed by atoms with E-state index in [2.05, 4.69) is 11.2 Å². The van der Waals surface area contributed by atoms with E-state index in [4.69, 9.17) is 5.11 Å². The number of nitrogens with one attached hydrogen (secondary N) is 1. The maximum atomic E-state index is 11.7. The third-order valence-corrected chi connectivity index (χ3v) is 3.75. The van der Waals surface area contributed by atoms with Crippen LogP contribution in [0, 0.1) is 12.0 Å². The first-order valence-electron chi connectivity index (χ1n) is 6.71. The van der Waals surface area contributed by atoms with Crippen molar-refractivity contribution in [3.8, 4) is 12.0 Å². The lowest BCUT2D eigenvalue weighted by molar-refractivity contribution is -0.113. The van der Waals surface area contributed by atoms with Crippen molar-refractivity contribution in [3.63, 3.8) is 0 Å². The number of benzene rings is 1. The minimum Gasteiger partial charge on any atom is -0.462 e. The van der Waals surface area contributed by atoms with Gasteiger partial charge >= 0.3 is 0 Å². The fourth-order valence-corrected chi connectivity index (χ4v) is 2.26. The monoisotopic (exact) mass is 307 g/mol. The fourth-order valence-electron chi connectivity index (χ4n) is 1.71. The zero-order valence-electron chi connectivity index (χ0n) is 12.5. The number of carbonyl (C=O) groups is 1. The first kappa shape index (κ1) is 17.4. The molecule has 0 saturated carbocycles. The molecule has 0 fully saturated rings. The number of hydrogen-bond donors (Lipinski definition) is 3. The van der Waals surface area contributed by atoms with E-state index in [9.17, 15) is 9.90 Å². The lowest BCUT2D eigenvalue weighted by atomic mass is 9.97. The van der Waals surface area contributed by atoms with Crippen LogP contribution in [0.5, 0.6) is 0 Å². The standard InChI is InChI=1S/C16H21NO3S/c1-12(2)21-11-15(19)17-14-6-4-13(5-7-14)10-16(3,20)8-9-18/h4-7,12,18,20H,10-11H2,1-3H3,(H,17,19). The number of hydrogen-bond acceptors (Lipinski definition) is 4. The van der Waals surface area contributed by atoms with Crippen LogP contribution in [0.4, 0.5) is 5.69 Å². The van der Waals surface area contributed by atoms with Crippen molar-refractivity contribution < 1.29 is 15.0 Å². The molecule has 0 radical (unpaired) electrons. The largest absolute Gasteiger partial charge is 0.462 e. The highest BCUT2D eigenvalue weighted by Crippen LogP contribution is 2.16. The third-order valence-electron chi connectivity index (χ3n) is 2.66. The van der Waals surface area contributed by atoms with E-state index in [0.29, 0.717) is 17.4 Å². The lowest BCUT2D eigenvalue weighted by Gasteiger charge is -2.16. The van der Waals surface area contributed by atoms with E-state index in [-0.39, 0.29) is 5.91 Å². The van der Waals surface area contributed by atoms with Crippen molar-refractivity contribution in [1.82, 2.24) is 0 Å². The van der Waals surface area contributed by atoms with Crippen molar-refractivity contribution in [2.45, 2.75) is 38.0 Å². The van der Waals surface area contributed by atoms with Gasteiger partial charge in [-0.15, -0.1) is 11.8 Å². The highest BCUT2D eigenvalue weighted by atomic mass is 32.2. The summed E-state index contributed by atoms with van der Waals surface area (Å²) in [6.45, 7) is 5.64. The summed E-state index contributed by atoms with van der Waals surface area (Å²) in [6, 6.07) is 7.21. The Labute approximate surface area is 130 Å². The number of amides is 1. The zero-order chi connectivity index (χ0) is 15.9. The maximum Gasteiger partial charge on any atom is 0.234 e. The Balaban J connectivity index is 2.57. The third kappa shape index (κ3) is 7.07. The van der Waals surface area contributed by atoms with E-state index in [1.807, 2.05) is 26.0 Å². The van der Waals surface area contributed by atoms with Gasteiger partial charge in [-0.05, 0) is 35.8 Å². The van der Waals surface area contributed by atoms with Gasteiger partial charge in [-0.1, -0.05) is 26.0 Å². The predicted octanol–water partition coefficient (Wildman–Crippen LogP) is 2.39. The normalized spacial score (nSPS) is 13.2. The Bertz CT molecular complexity index is 527. The van der Waals surface area contributed by atoms with Gasteiger partial charge in [-0.3, -0.25) is 4.79 Å². The molecule has 21 heavy (non-hydrogen) atoms. The Morgan fingerprint density at radius 3 is 2.52 bits per heavy atom. The minimum absolute atomic E-state index is 0.0282. The Morgan fingerprint density at radius 1 is 1.38 bits per heavy atom. The minimum atomic E-state index is -1.27. The zero-order valence-corrected chi connectivity index (χ0v) is 13.3. The average molecular weight is 307 g/mol. The molecule has 114 valence electrons. The van der Waals surface area contributed by atoms with E-state index in [1.54, 1.807) is 30.0 Å². The molecule has 4 nitrogen and oxygen atoms in total. The Hall–Kier alpha value is -1.64. The molecule has 5 heteroatoms. The fraction of sp³-hybridized carbons (Fsp3) is 0.438. The molecule has 0 heterocycles. The number of aliphatic hydroxyl groups is 2. The van der Waals surface area contributed by atoms with Gasteiger partial charge in [0.1, 0.15) is 11.7 Å². The molecule has 1 aromatic rings. The SMILES string of the molecule is CC(C)SCC(=O)Nc1ccc(CC(C)(O)C#CO)cc1. The van der Waals surface area contributed by atoms with Crippen molar-refractivity contribution in [2.24, 2.45) is 0 Å². The molecular formula is C16H21NO3S. The Morgan fingerprint density at radius 2 is 2.00 bits per heavy atom. The average Bonchev–Trinajstić information content (AvgIpc) is 2.38. The van der Waals surface area contributed by atoms with Crippen molar-refractivity contribution in [2.75, 3.05) is 11.1 Å². The summed E-state index contributed by atoms with van der Waals surface area (Å²) in [7, 11) is 0. The Kier molecular flexibility index (Phi) is 6.60. The van der Waals surface area contributed by atoms with Crippen LogP contribution < -0.4 is 5.32 Å². The summed E-state index contributed by atoms with van der Waals surface area (Å²) in [4.78, 5) is 11.7. The van der Waals surface area contributed by atoms with Crippen LogP contribution in [0.25, 0.3) is 0 Å². The number of rotatable bonds is 6. The molecule has 1 amide bonds. The van der Waals surface area contributed by atoms with Gasteiger partial charge in [-0.25, -0.2) is 0 Å². The van der Waals surface area contributed by atoms with Gasteiger partial charge in [0.15, 0.2) is 0 Å². The van der Waals surface area contributed by atoms with Crippen LogP contribution in [0.15, 0.2) is 24.3 Å². The molecule has 0 saturated heterocycles. The van der Waals surface area contributed by atoms with Crippen molar-refractivity contribution in [1.29, 1.82) is 0 Å². The van der Waals surface area contributed by atoms with Crippen LogP contribution in [0.1, 0.15) is 26.3 Å². The first-order valence-corrected chi connectivity index (χ1v) is 7.76. The molecule has 0 aromatic heterocycles. The summed E-state index contributed by atoms with van der Waals surface area (Å²) in [5.74, 6) is 2.74. The van der Waals surface area contributed by atoms with E-state index in [1.165, 1.54) is 6.92 Å². The molecule has 0 aliphatic rings. The van der Waals surface area contributed by atoms with Gasteiger partial charge in [0.05, 0.1) is 5.75 Å². The molecule has 1 unspecified atom stereocenters.